The molecular weight excluding hydrogens is 412 g/mol. The van der Waals surface area contributed by atoms with Gasteiger partial charge in [-0.1, -0.05) is 30.4 Å². The maximum atomic E-state index is 12.8. The molecule has 0 bridgehead atoms. The van der Waals surface area contributed by atoms with Crippen molar-refractivity contribution in [3.8, 4) is 5.69 Å². The van der Waals surface area contributed by atoms with Crippen LogP contribution in [0.5, 0.6) is 0 Å². The number of hydrogen-bond donors (Lipinski definition) is 1. The van der Waals surface area contributed by atoms with Gasteiger partial charge in [-0.05, 0) is 43.3 Å². The Kier molecular flexibility index (Phi) is 6.84. The van der Waals surface area contributed by atoms with Crippen LogP contribution in [0.1, 0.15) is 16.1 Å². The minimum atomic E-state index is -3.72. The molecule has 0 fully saturated rings. The van der Waals surface area contributed by atoms with E-state index in [1.165, 1.54) is 40.7 Å². The zero-order valence-corrected chi connectivity index (χ0v) is 18.0. The molecule has 1 aromatic heterocycles. The molecule has 0 saturated heterocycles. The second-order valence-electron chi connectivity index (χ2n) is 6.80. The van der Waals surface area contributed by atoms with Crippen LogP contribution in [-0.2, 0) is 10.0 Å². The van der Waals surface area contributed by atoms with Gasteiger partial charge in [-0.15, -0.1) is 13.2 Å². The van der Waals surface area contributed by atoms with E-state index in [2.05, 4.69) is 23.6 Å². The number of rotatable bonds is 9. The van der Waals surface area contributed by atoms with Gasteiger partial charge in [0.15, 0.2) is 0 Å². The summed E-state index contributed by atoms with van der Waals surface area (Å²) in [4.78, 5) is 12.9. The molecule has 0 aliphatic carbocycles. The lowest BCUT2D eigenvalue weighted by Gasteiger charge is -2.19. The number of nitrogens with zero attached hydrogens (tertiary/aromatic N) is 3. The van der Waals surface area contributed by atoms with Gasteiger partial charge >= 0.3 is 0 Å². The van der Waals surface area contributed by atoms with Gasteiger partial charge in [-0.25, -0.2) is 13.1 Å². The smallest absolute Gasteiger partial charge is 0.256 e. The number of hydrogen-bond acceptors (Lipinski definition) is 4. The molecule has 7 nitrogen and oxygen atoms in total. The Morgan fingerprint density at radius 1 is 1.06 bits per heavy atom. The number of carbonyl (C=O) groups is 1. The second kappa shape index (κ2) is 9.55. The molecule has 160 valence electrons. The summed E-state index contributed by atoms with van der Waals surface area (Å²) in [5.41, 5.74) is 1.90. The molecule has 31 heavy (non-hydrogen) atoms. The van der Waals surface area contributed by atoms with E-state index >= 15 is 0 Å². The van der Waals surface area contributed by atoms with Crippen molar-refractivity contribution in [2.24, 2.45) is 0 Å². The molecule has 0 saturated carbocycles. The summed E-state index contributed by atoms with van der Waals surface area (Å²) >= 11 is 0. The van der Waals surface area contributed by atoms with Gasteiger partial charge in [-0.2, -0.15) is 9.40 Å². The molecule has 1 heterocycles. The maximum Gasteiger partial charge on any atom is 0.256 e. The molecule has 1 amide bonds. The van der Waals surface area contributed by atoms with Crippen LogP contribution in [0.3, 0.4) is 0 Å². The number of carbonyl (C=O) groups excluding carboxylic acids is 1. The first-order valence-electron chi connectivity index (χ1n) is 9.62. The van der Waals surface area contributed by atoms with Crippen molar-refractivity contribution in [1.82, 2.24) is 14.1 Å². The van der Waals surface area contributed by atoms with Crippen molar-refractivity contribution in [2.45, 2.75) is 11.8 Å². The standard InChI is InChI=1S/C23H24N4O3S/c1-4-15-26(16-5-2)31(29,30)21-13-11-19(12-14-21)23(28)24-22-17-18(3)25-27(22)20-9-7-6-8-10-20/h4-14,17H,1-2,15-16H2,3H3,(H,24,28). The van der Waals surface area contributed by atoms with Crippen LogP contribution in [0.4, 0.5) is 5.82 Å². The summed E-state index contributed by atoms with van der Waals surface area (Å²) in [5.74, 6) is 0.156. The Morgan fingerprint density at radius 2 is 1.68 bits per heavy atom. The average molecular weight is 437 g/mol. The molecule has 8 heteroatoms. The number of anilines is 1. The fraction of sp³-hybridized carbons (Fsp3) is 0.130. The SMILES string of the molecule is C=CCN(CC=C)S(=O)(=O)c1ccc(C(=O)Nc2cc(C)nn2-c2ccccc2)cc1. The van der Waals surface area contributed by atoms with E-state index in [0.717, 1.165) is 11.4 Å². The second-order valence-corrected chi connectivity index (χ2v) is 8.73. The van der Waals surface area contributed by atoms with Crippen molar-refractivity contribution < 1.29 is 13.2 Å². The monoisotopic (exact) mass is 436 g/mol. The van der Waals surface area contributed by atoms with Crippen molar-refractivity contribution in [3.05, 3.63) is 97.2 Å². The van der Waals surface area contributed by atoms with Gasteiger partial charge in [0, 0.05) is 24.7 Å². The van der Waals surface area contributed by atoms with E-state index < -0.39 is 10.0 Å². The molecule has 0 aliphatic heterocycles. The molecule has 0 aliphatic rings. The lowest BCUT2D eigenvalue weighted by molar-refractivity contribution is 0.102. The number of aromatic nitrogens is 2. The highest BCUT2D eigenvalue weighted by Crippen LogP contribution is 2.20. The normalized spacial score (nSPS) is 11.3. The van der Waals surface area contributed by atoms with Crippen molar-refractivity contribution >= 4 is 21.7 Å². The fourth-order valence-electron chi connectivity index (χ4n) is 3.03. The highest BCUT2D eigenvalue weighted by atomic mass is 32.2. The van der Waals surface area contributed by atoms with Crippen LogP contribution in [0.25, 0.3) is 5.69 Å². The summed E-state index contributed by atoms with van der Waals surface area (Å²) < 4.78 is 28.5. The summed E-state index contributed by atoms with van der Waals surface area (Å²) in [6.45, 7) is 9.37. The Bertz CT molecular complexity index is 1170. The highest BCUT2D eigenvalue weighted by Gasteiger charge is 2.23. The lowest BCUT2D eigenvalue weighted by Crippen LogP contribution is -2.31. The van der Waals surface area contributed by atoms with Crippen LogP contribution in [-0.4, -0.2) is 41.5 Å². The molecule has 0 spiro atoms. The predicted octanol–water partition coefficient (Wildman–Crippen LogP) is 3.80. The van der Waals surface area contributed by atoms with Gasteiger partial charge in [0.05, 0.1) is 16.3 Å². The summed E-state index contributed by atoms with van der Waals surface area (Å²) in [7, 11) is -3.72. The molecular formula is C23H24N4O3S. The Balaban J connectivity index is 1.82. The number of aryl methyl sites for hydroxylation is 1. The van der Waals surface area contributed by atoms with Gasteiger partial charge < -0.3 is 5.32 Å². The minimum absolute atomic E-state index is 0.0953. The molecule has 1 N–H and O–H groups in total. The van der Waals surface area contributed by atoms with Crippen LogP contribution in [0.2, 0.25) is 0 Å². The van der Waals surface area contributed by atoms with E-state index in [4.69, 9.17) is 0 Å². The Labute approximate surface area is 182 Å². The van der Waals surface area contributed by atoms with Gasteiger partial charge in [-0.3, -0.25) is 4.79 Å². The number of para-hydroxylation sites is 1. The Hall–Kier alpha value is -3.49. The third kappa shape index (κ3) is 4.99. The van der Waals surface area contributed by atoms with Crippen LogP contribution < -0.4 is 5.32 Å². The van der Waals surface area contributed by atoms with E-state index in [1.807, 2.05) is 37.3 Å². The highest BCUT2D eigenvalue weighted by molar-refractivity contribution is 7.89. The van der Waals surface area contributed by atoms with Crippen molar-refractivity contribution in [1.29, 1.82) is 0 Å². The quantitative estimate of drug-likeness (QED) is 0.517. The van der Waals surface area contributed by atoms with E-state index in [9.17, 15) is 13.2 Å². The van der Waals surface area contributed by atoms with Crippen LogP contribution in [0.15, 0.2) is 90.9 Å². The molecule has 3 aromatic rings. The number of amides is 1. The molecule has 3 rings (SSSR count). The number of benzene rings is 2. The largest absolute Gasteiger partial charge is 0.306 e. The Morgan fingerprint density at radius 3 is 2.26 bits per heavy atom. The van der Waals surface area contributed by atoms with Crippen LogP contribution in [0, 0.1) is 6.92 Å². The molecule has 2 aromatic carbocycles. The zero-order valence-electron chi connectivity index (χ0n) is 17.2. The zero-order chi connectivity index (χ0) is 22.4. The summed E-state index contributed by atoms with van der Waals surface area (Å²) in [5, 5.41) is 7.27. The molecule has 0 radical (unpaired) electrons. The number of nitrogens with one attached hydrogen (secondary N) is 1. The number of sulfonamides is 1. The lowest BCUT2D eigenvalue weighted by atomic mass is 10.2. The first kappa shape index (κ1) is 22.2. The fourth-order valence-corrected chi connectivity index (χ4v) is 4.41. The van der Waals surface area contributed by atoms with Gasteiger partial charge in [0.25, 0.3) is 5.91 Å². The molecule has 0 unspecified atom stereocenters. The van der Waals surface area contributed by atoms with E-state index in [0.29, 0.717) is 11.4 Å². The van der Waals surface area contributed by atoms with E-state index in [-0.39, 0.29) is 23.9 Å². The van der Waals surface area contributed by atoms with E-state index in [1.54, 1.807) is 10.7 Å². The maximum absolute atomic E-state index is 12.8. The minimum Gasteiger partial charge on any atom is -0.306 e. The summed E-state index contributed by atoms with van der Waals surface area (Å²) in [6.07, 6.45) is 3.03. The first-order chi connectivity index (χ1) is 14.9. The molecule has 0 atom stereocenters. The van der Waals surface area contributed by atoms with Crippen molar-refractivity contribution in [2.75, 3.05) is 18.4 Å². The van der Waals surface area contributed by atoms with Gasteiger partial charge in [0.1, 0.15) is 5.82 Å². The van der Waals surface area contributed by atoms with Crippen LogP contribution >= 0.6 is 0 Å². The topological polar surface area (TPSA) is 84.3 Å². The average Bonchev–Trinajstić information content (AvgIpc) is 3.14. The van der Waals surface area contributed by atoms with Crippen molar-refractivity contribution in [3.63, 3.8) is 0 Å². The third-order valence-corrected chi connectivity index (χ3v) is 6.34. The third-order valence-electron chi connectivity index (χ3n) is 4.49. The predicted molar refractivity (Wildman–Crippen MR) is 122 cm³/mol. The van der Waals surface area contributed by atoms with Gasteiger partial charge in [0.2, 0.25) is 10.0 Å². The first-order valence-corrected chi connectivity index (χ1v) is 11.1. The summed E-state index contributed by atoms with van der Waals surface area (Å²) in [6, 6.07) is 17.0.